The van der Waals surface area contributed by atoms with Crippen molar-refractivity contribution < 1.29 is 22.4 Å². The summed E-state index contributed by atoms with van der Waals surface area (Å²) < 4.78 is 43.0. The molecule has 0 heterocycles. The number of anilines is 1. The number of benzene rings is 4. The van der Waals surface area contributed by atoms with Crippen LogP contribution in [0.1, 0.15) is 30.5 Å². The number of amides is 2. The SMILES string of the molecule is Cc1ccc(Cl)cc1N(CC(=O)N(Cc1ccc(F)cc1)C(Cc1ccccc1)C(=O)NC(C)C)S(=O)(=O)c1ccccc1. The number of hydrogen-bond donors (Lipinski definition) is 1. The van der Waals surface area contributed by atoms with Crippen molar-refractivity contribution in [2.24, 2.45) is 0 Å². The molecule has 7 nitrogen and oxygen atoms in total. The number of hydrogen-bond acceptors (Lipinski definition) is 4. The minimum atomic E-state index is -4.25. The molecular weight excluding hydrogens is 601 g/mol. The minimum absolute atomic E-state index is 0.00403. The Labute approximate surface area is 263 Å². The van der Waals surface area contributed by atoms with Gasteiger partial charge in [-0.1, -0.05) is 78.3 Å². The van der Waals surface area contributed by atoms with Gasteiger partial charge in [0, 0.05) is 24.0 Å². The van der Waals surface area contributed by atoms with Gasteiger partial charge in [-0.25, -0.2) is 12.8 Å². The van der Waals surface area contributed by atoms with Gasteiger partial charge in [0.15, 0.2) is 0 Å². The van der Waals surface area contributed by atoms with E-state index >= 15 is 0 Å². The van der Waals surface area contributed by atoms with Crippen LogP contribution in [-0.2, 0) is 32.6 Å². The third-order valence-corrected chi connectivity index (χ3v) is 9.03. The molecule has 0 spiro atoms. The summed E-state index contributed by atoms with van der Waals surface area (Å²) in [6, 6.07) is 26.3. The Morgan fingerprint density at radius 3 is 2.09 bits per heavy atom. The van der Waals surface area contributed by atoms with E-state index in [1.54, 1.807) is 37.3 Å². The van der Waals surface area contributed by atoms with Gasteiger partial charge in [-0.2, -0.15) is 0 Å². The fraction of sp³-hybridized carbons (Fsp3) is 0.235. The lowest BCUT2D eigenvalue weighted by Crippen LogP contribution is -2.54. The lowest BCUT2D eigenvalue weighted by atomic mass is 10.0. The number of carbonyl (C=O) groups excluding carboxylic acids is 2. The zero-order valence-electron chi connectivity index (χ0n) is 24.8. The molecule has 0 saturated heterocycles. The van der Waals surface area contributed by atoms with Crippen LogP contribution >= 0.6 is 11.6 Å². The molecule has 10 heteroatoms. The Morgan fingerprint density at radius 2 is 1.48 bits per heavy atom. The summed E-state index contributed by atoms with van der Waals surface area (Å²) in [6.07, 6.45) is 0.175. The van der Waals surface area contributed by atoms with E-state index in [0.717, 1.165) is 9.87 Å². The van der Waals surface area contributed by atoms with Gasteiger partial charge < -0.3 is 10.2 Å². The van der Waals surface area contributed by atoms with E-state index in [1.165, 1.54) is 47.4 Å². The third-order valence-electron chi connectivity index (χ3n) is 7.02. The van der Waals surface area contributed by atoms with Gasteiger partial charge in [0.05, 0.1) is 10.6 Å². The van der Waals surface area contributed by atoms with Crippen LogP contribution in [0.3, 0.4) is 0 Å². The summed E-state index contributed by atoms with van der Waals surface area (Å²) in [6.45, 7) is 4.70. The summed E-state index contributed by atoms with van der Waals surface area (Å²) in [7, 11) is -4.25. The maximum absolute atomic E-state index is 14.4. The van der Waals surface area contributed by atoms with Crippen LogP contribution in [0.2, 0.25) is 5.02 Å². The standard InChI is InChI=1S/C34H35ClFN3O4S/c1-24(2)37-34(41)32(20-26-10-6-4-7-11-26)38(22-27-15-18-29(36)19-16-27)33(40)23-39(31-21-28(35)17-14-25(31)3)44(42,43)30-12-8-5-9-13-30/h4-19,21,24,32H,20,22-23H2,1-3H3,(H,37,41). The number of halogens is 2. The normalized spacial score (nSPS) is 12.0. The van der Waals surface area contributed by atoms with Crippen LogP contribution in [0.5, 0.6) is 0 Å². The van der Waals surface area contributed by atoms with E-state index in [-0.39, 0.29) is 29.6 Å². The topological polar surface area (TPSA) is 86.8 Å². The van der Waals surface area contributed by atoms with Gasteiger partial charge in [0.2, 0.25) is 11.8 Å². The summed E-state index contributed by atoms with van der Waals surface area (Å²) in [4.78, 5) is 29.5. The summed E-state index contributed by atoms with van der Waals surface area (Å²) >= 11 is 6.31. The van der Waals surface area contributed by atoms with Crippen LogP contribution in [0.15, 0.2) is 108 Å². The van der Waals surface area contributed by atoms with Gasteiger partial charge >= 0.3 is 0 Å². The van der Waals surface area contributed by atoms with Crippen LogP contribution in [0, 0.1) is 12.7 Å². The van der Waals surface area contributed by atoms with Gasteiger partial charge in [-0.05, 0) is 73.9 Å². The molecule has 0 aliphatic carbocycles. The molecule has 0 aliphatic rings. The Balaban J connectivity index is 1.82. The molecular formula is C34H35ClFN3O4S. The highest BCUT2D eigenvalue weighted by molar-refractivity contribution is 7.92. The van der Waals surface area contributed by atoms with Crippen molar-refractivity contribution in [3.05, 3.63) is 131 Å². The first-order valence-electron chi connectivity index (χ1n) is 14.2. The van der Waals surface area contributed by atoms with Crippen molar-refractivity contribution in [1.82, 2.24) is 10.2 Å². The Morgan fingerprint density at radius 1 is 0.864 bits per heavy atom. The summed E-state index contributed by atoms with van der Waals surface area (Å²) in [5, 5.41) is 3.21. The molecule has 0 radical (unpaired) electrons. The van der Waals surface area contributed by atoms with Gasteiger partial charge in [0.25, 0.3) is 10.0 Å². The second kappa shape index (κ2) is 14.5. The zero-order chi connectivity index (χ0) is 31.9. The van der Waals surface area contributed by atoms with E-state index in [2.05, 4.69) is 5.32 Å². The Bertz CT molecular complexity index is 1690. The largest absolute Gasteiger partial charge is 0.352 e. The molecule has 230 valence electrons. The average molecular weight is 636 g/mol. The van der Waals surface area contributed by atoms with Gasteiger partial charge in [-0.3, -0.25) is 13.9 Å². The first-order valence-corrected chi connectivity index (χ1v) is 16.0. The molecule has 4 aromatic rings. The van der Waals surface area contributed by atoms with Crippen molar-refractivity contribution >= 4 is 39.1 Å². The zero-order valence-corrected chi connectivity index (χ0v) is 26.4. The lowest BCUT2D eigenvalue weighted by Gasteiger charge is -2.34. The number of nitrogens with one attached hydrogen (secondary N) is 1. The van der Waals surface area contributed by atoms with Crippen LogP contribution < -0.4 is 9.62 Å². The van der Waals surface area contributed by atoms with E-state index in [1.807, 2.05) is 44.2 Å². The molecule has 0 saturated carbocycles. The molecule has 0 aromatic heterocycles. The van der Waals surface area contributed by atoms with Gasteiger partial charge in [0.1, 0.15) is 18.4 Å². The van der Waals surface area contributed by atoms with Crippen molar-refractivity contribution in [2.75, 3.05) is 10.8 Å². The molecule has 1 N–H and O–H groups in total. The maximum atomic E-state index is 14.4. The van der Waals surface area contributed by atoms with Crippen molar-refractivity contribution in [1.29, 1.82) is 0 Å². The first-order chi connectivity index (χ1) is 21.0. The van der Waals surface area contributed by atoms with E-state index < -0.39 is 40.2 Å². The lowest BCUT2D eigenvalue weighted by molar-refractivity contribution is -0.140. The van der Waals surface area contributed by atoms with E-state index in [9.17, 15) is 22.4 Å². The molecule has 0 aliphatic heterocycles. The molecule has 0 bridgehead atoms. The number of aryl methyl sites for hydroxylation is 1. The fourth-order valence-electron chi connectivity index (χ4n) is 4.81. The number of nitrogens with zero attached hydrogens (tertiary/aromatic N) is 2. The fourth-order valence-corrected chi connectivity index (χ4v) is 6.46. The quantitative estimate of drug-likeness (QED) is 0.202. The Hall–Kier alpha value is -4.21. The number of carbonyl (C=O) groups is 2. The van der Waals surface area contributed by atoms with E-state index in [4.69, 9.17) is 11.6 Å². The highest BCUT2D eigenvalue weighted by Gasteiger charge is 2.35. The molecule has 4 rings (SSSR count). The number of rotatable bonds is 12. The highest BCUT2D eigenvalue weighted by atomic mass is 35.5. The Kier molecular flexibility index (Phi) is 10.8. The second-order valence-corrected chi connectivity index (χ2v) is 13.1. The van der Waals surface area contributed by atoms with Crippen LogP contribution in [0.25, 0.3) is 0 Å². The predicted molar refractivity (Wildman–Crippen MR) is 171 cm³/mol. The van der Waals surface area contributed by atoms with Gasteiger partial charge in [-0.15, -0.1) is 0 Å². The maximum Gasteiger partial charge on any atom is 0.264 e. The van der Waals surface area contributed by atoms with E-state index in [0.29, 0.717) is 16.1 Å². The second-order valence-electron chi connectivity index (χ2n) is 10.8. The van der Waals surface area contributed by atoms with Crippen LogP contribution in [-0.4, -0.2) is 43.8 Å². The highest BCUT2D eigenvalue weighted by Crippen LogP contribution is 2.30. The van der Waals surface area contributed by atoms with Crippen molar-refractivity contribution in [3.8, 4) is 0 Å². The minimum Gasteiger partial charge on any atom is -0.352 e. The van der Waals surface area contributed by atoms with Crippen molar-refractivity contribution in [3.63, 3.8) is 0 Å². The molecule has 4 aromatic carbocycles. The van der Waals surface area contributed by atoms with Crippen LogP contribution in [0.4, 0.5) is 10.1 Å². The first kappa shape index (κ1) is 32.7. The third kappa shape index (κ3) is 8.24. The number of sulfonamides is 1. The molecule has 2 amide bonds. The molecule has 1 atom stereocenters. The summed E-state index contributed by atoms with van der Waals surface area (Å²) in [5.74, 6) is -1.45. The average Bonchev–Trinajstić information content (AvgIpc) is 3.00. The smallest absolute Gasteiger partial charge is 0.264 e. The molecule has 0 fully saturated rings. The van der Waals surface area contributed by atoms with Crippen molar-refractivity contribution in [2.45, 2.75) is 50.7 Å². The monoisotopic (exact) mass is 635 g/mol. The summed E-state index contributed by atoms with van der Waals surface area (Å²) in [5.41, 5.74) is 2.21. The molecule has 44 heavy (non-hydrogen) atoms. The predicted octanol–water partition coefficient (Wildman–Crippen LogP) is 6.15. The molecule has 1 unspecified atom stereocenters.